The van der Waals surface area contributed by atoms with E-state index in [1.165, 1.54) is 18.2 Å². The number of hydrogen-bond acceptors (Lipinski definition) is 3. The van der Waals surface area contributed by atoms with Crippen LogP contribution in [0, 0.1) is 17.3 Å². The Labute approximate surface area is 211 Å². The highest BCUT2D eigenvalue weighted by molar-refractivity contribution is 5.89. The first-order chi connectivity index (χ1) is 17.1. The number of fused-ring (bicyclic) bond motifs is 1. The van der Waals surface area contributed by atoms with Crippen LogP contribution in [0.1, 0.15) is 70.0 Å². The number of ether oxygens (including phenoxy) is 1. The number of nitrogens with one attached hydrogen (secondary N) is 1. The van der Waals surface area contributed by atoms with Crippen LogP contribution in [0.3, 0.4) is 0 Å². The van der Waals surface area contributed by atoms with Crippen molar-refractivity contribution in [1.82, 2.24) is 5.32 Å². The zero-order valence-electron chi connectivity index (χ0n) is 20.8. The van der Waals surface area contributed by atoms with Crippen LogP contribution >= 0.6 is 0 Å². The van der Waals surface area contributed by atoms with Gasteiger partial charge in [0.25, 0.3) is 0 Å². The fourth-order valence-electron chi connectivity index (χ4n) is 5.69. The summed E-state index contributed by atoms with van der Waals surface area (Å²) in [6, 6.07) is 7.11. The third-order valence-corrected chi connectivity index (χ3v) is 8.24. The molecule has 1 unspecified atom stereocenters. The number of carboxylic acids is 1. The van der Waals surface area contributed by atoms with Gasteiger partial charge in [-0.05, 0) is 72.9 Å². The van der Waals surface area contributed by atoms with E-state index in [1.807, 2.05) is 20.8 Å². The van der Waals surface area contributed by atoms with Gasteiger partial charge in [0.15, 0.2) is 0 Å². The van der Waals surface area contributed by atoms with Crippen LogP contribution in [0.25, 0.3) is 10.8 Å². The van der Waals surface area contributed by atoms with Gasteiger partial charge in [0, 0.05) is 12.1 Å². The summed E-state index contributed by atoms with van der Waals surface area (Å²) in [7, 11) is 0. The van der Waals surface area contributed by atoms with Crippen LogP contribution < -0.4 is 10.1 Å². The van der Waals surface area contributed by atoms with Crippen LogP contribution in [-0.4, -0.2) is 29.4 Å². The zero-order chi connectivity index (χ0) is 27.3. The van der Waals surface area contributed by atoms with Gasteiger partial charge in [-0.1, -0.05) is 32.0 Å². The van der Waals surface area contributed by atoms with E-state index in [0.29, 0.717) is 17.4 Å². The molecule has 3 atom stereocenters. The van der Waals surface area contributed by atoms with Crippen LogP contribution in [0.2, 0.25) is 0 Å². The van der Waals surface area contributed by atoms with Crippen molar-refractivity contribution in [3.05, 3.63) is 41.5 Å². The van der Waals surface area contributed by atoms with Gasteiger partial charge >= 0.3 is 18.3 Å². The smallest absolute Gasteiger partial charge is 0.420 e. The molecule has 0 heterocycles. The third-order valence-electron chi connectivity index (χ3n) is 8.24. The predicted molar refractivity (Wildman–Crippen MR) is 126 cm³/mol. The third kappa shape index (κ3) is 5.54. The lowest BCUT2D eigenvalue weighted by Gasteiger charge is -2.51. The summed E-state index contributed by atoms with van der Waals surface area (Å²) in [5.41, 5.74) is -0.831. The zero-order valence-corrected chi connectivity index (χ0v) is 20.8. The lowest BCUT2D eigenvalue weighted by molar-refractivity contribution is -0.185. The quantitative estimate of drug-likeness (QED) is 0.379. The Morgan fingerprint density at radius 1 is 1.05 bits per heavy atom. The summed E-state index contributed by atoms with van der Waals surface area (Å²) < 4.78 is 87.4. The number of carboxylic acid groups (broad SMARTS) is 1. The fraction of sp³-hybridized carbons (Fsp3) is 0.593. The summed E-state index contributed by atoms with van der Waals surface area (Å²) in [6.45, 7) is 5.53. The molecule has 2 fully saturated rings. The first kappa shape index (κ1) is 27.5. The molecule has 2 aliphatic carbocycles. The van der Waals surface area contributed by atoms with Crippen molar-refractivity contribution in [3.8, 4) is 5.75 Å². The molecular formula is C27H31F6NO3. The van der Waals surface area contributed by atoms with Crippen LogP contribution in [-0.2, 0) is 11.0 Å². The molecule has 0 amide bonds. The molecule has 37 heavy (non-hydrogen) atoms. The molecule has 0 aromatic heterocycles. The Kier molecular flexibility index (Phi) is 7.20. The fourth-order valence-corrected chi connectivity index (χ4v) is 5.69. The van der Waals surface area contributed by atoms with Crippen molar-refractivity contribution >= 4 is 16.7 Å². The van der Waals surface area contributed by atoms with Crippen molar-refractivity contribution in [2.45, 2.75) is 83.4 Å². The minimum Gasteiger partial charge on any atom is -0.490 e. The van der Waals surface area contributed by atoms with Gasteiger partial charge in [-0.15, -0.1) is 0 Å². The van der Waals surface area contributed by atoms with E-state index < -0.39 is 47.2 Å². The molecule has 0 bridgehead atoms. The van der Waals surface area contributed by atoms with E-state index in [-0.39, 0.29) is 48.9 Å². The predicted octanol–water partition coefficient (Wildman–Crippen LogP) is 7.51. The number of benzene rings is 2. The second-order valence-corrected chi connectivity index (χ2v) is 10.9. The number of carbonyl (C=O) groups is 1. The van der Waals surface area contributed by atoms with E-state index in [9.17, 15) is 36.2 Å². The molecule has 0 aliphatic heterocycles. The number of alkyl halides is 6. The van der Waals surface area contributed by atoms with E-state index in [2.05, 4.69) is 5.32 Å². The summed E-state index contributed by atoms with van der Waals surface area (Å²) in [5.74, 6) is -3.18. The molecule has 0 spiro atoms. The first-order valence-corrected chi connectivity index (χ1v) is 12.4. The summed E-state index contributed by atoms with van der Waals surface area (Å²) in [5, 5.41) is 13.0. The van der Waals surface area contributed by atoms with E-state index >= 15 is 0 Å². The molecule has 2 N–H and O–H groups in total. The Morgan fingerprint density at radius 3 is 2.22 bits per heavy atom. The monoisotopic (exact) mass is 531 g/mol. The van der Waals surface area contributed by atoms with Crippen LogP contribution in [0.5, 0.6) is 5.75 Å². The summed E-state index contributed by atoms with van der Waals surface area (Å²) in [4.78, 5) is 11.4. The van der Waals surface area contributed by atoms with Crippen LogP contribution in [0.4, 0.5) is 26.3 Å². The van der Waals surface area contributed by atoms with Crippen molar-refractivity contribution in [1.29, 1.82) is 0 Å². The average Bonchev–Trinajstić information content (AvgIpc) is 2.79. The normalized spacial score (nSPS) is 26.9. The maximum absolute atomic E-state index is 14.3. The molecular weight excluding hydrogens is 500 g/mol. The second-order valence-electron chi connectivity index (χ2n) is 10.9. The molecule has 2 saturated carbocycles. The molecule has 10 heteroatoms. The molecule has 2 aromatic rings. The Bertz CT molecular complexity index is 1150. The van der Waals surface area contributed by atoms with Gasteiger partial charge in [-0.2, -0.15) is 26.3 Å². The van der Waals surface area contributed by atoms with E-state index in [4.69, 9.17) is 4.74 Å². The van der Waals surface area contributed by atoms with Crippen molar-refractivity contribution in [3.63, 3.8) is 0 Å². The molecule has 0 radical (unpaired) electrons. The topological polar surface area (TPSA) is 58.6 Å². The Balaban J connectivity index is 1.58. The number of aliphatic carboxylic acids is 1. The number of halogens is 6. The van der Waals surface area contributed by atoms with Gasteiger partial charge in [0.05, 0.1) is 17.9 Å². The maximum atomic E-state index is 14.3. The highest BCUT2D eigenvalue weighted by atomic mass is 19.4. The van der Waals surface area contributed by atoms with E-state index in [0.717, 1.165) is 0 Å². The maximum Gasteiger partial charge on any atom is 0.420 e. The second kappa shape index (κ2) is 9.67. The van der Waals surface area contributed by atoms with Crippen LogP contribution in [0.15, 0.2) is 30.3 Å². The molecule has 0 saturated heterocycles. The van der Waals surface area contributed by atoms with Gasteiger partial charge < -0.3 is 15.2 Å². The average molecular weight is 532 g/mol. The summed E-state index contributed by atoms with van der Waals surface area (Å²) in [6.07, 6.45) is -9.60. The molecule has 2 aliphatic rings. The van der Waals surface area contributed by atoms with Gasteiger partial charge in [0.2, 0.25) is 0 Å². The number of rotatable bonds is 6. The molecule has 4 rings (SSSR count). The van der Waals surface area contributed by atoms with Crippen molar-refractivity contribution < 1.29 is 41.0 Å². The van der Waals surface area contributed by atoms with Gasteiger partial charge in [-0.3, -0.25) is 4.79 Å². The van der Waals surface area contributed by atoms with Crippen molar-refractivity contribution in [2.24, 2.45) is 17.3 Å². The SMILES string of the molecule is CC(N[C@@H]1C[C@@H](C(=O)O)C1(C)C)c1ccc2ccc(OC3CCC(C(F)(F)F)CC3)c(C(F)(F)F)c2c1. The number of hydrogen-bond donors (Lipinski definition) is 2. The Morgan fingerprint density at radius 2 is 1.68 bits per heavy atom. The lowest BCUT2D eigenvalue weighted by Crippen LogP contribution is -2.59. The standard InChI is InChI=1S/C27H31F6NO3/c1-14(34-22-13-20(24(35)36)25(22,2)3)16-5-4-15-6-11-21(23(19(15)12-16)27(31,32)33)37-18-9-7-17(8-10-18)26(28,29)30/h4-6,11-12,14,17-18,20,22,34H,7-10,13H2,1-3H3,(H,35,36)/t14?,17?,18?,20-,22+/m0/s1. The van der Waals surface area contributed by atoms with E-state index in [1.54, 1.807) is 12.1 Å². The first-order valence-electron chi connectivity index (χ1n) is 12.4. The highest BCUT2D eigenvalue weighted by Crippen LogP contribution is 2.48. The minimum absolute atomic E-state index is 0.0367. The Hall–Kier alpha value is -2.49. The van der Waals surface area contributed by atoms with Gasteiger partial charge in [-0.25, -0.2) is 0 Å². The van der Waals surface area contributed by atoms with Crippen molar-refractivity contribution in [2.75, 3.05) is 0 Å². The highest BCUT2D eigenvalue weighted by Gasteiger charge is 2.52. The minimum atomic E-state index is -4.74. The lowest BCUT2D eigenvalue weighted by atomic mass is 9.58. The van der Waals surface area contributed by atoms with Gasteiger partial charge in [0.1, 0.15) is 11.3 Å². The molecule has 204 valence electrons. The largest absolute Gasteiger partial charge is 0.490 e. The molecule has 2 aromatic carbocycles. The summed E-state index contributed by atoms with van der Waals surface area (Å²) >= 11 is 0. The molecule has 4 nitrogen and oxygen atoms in total.